The average molecular weight is 447 g/mol. The molecule has 8 heteroatoms. The highest BCUT2D eigenvalue weighted by molar-refractivity contribution is 5.75. The lowest BCUT2D eigenvalue weighted by atomic mass is 10.0. The molecule has 32 heavy (non-hydrogen) atoms. The Bertz CT molecular complexity index is 979. The normalized spacial score (nSPS) is 17.0. The van der Waals surface area contributed by atoms with Crippen LogP contribution in [0.5, 0.6) is 5.75 Å². The Morgan fingerprint density at radius 1 is 1.16 bits per heavy atom. The van der Waals surface area contributed by atoms with Crippen LogP contribution in [0.25, 0.3) is 11.0 Å². The lowest BCUT2D eigenvalue weighted by molar-refractivity contribution is -0.136. The number of fused-ring (bicyclic) bond motifs is 1. The molecule has 2 N–H and O–H groups in total. The number of para-hydroxylation sites is 2. The zero-order chi connectivity index (χ0) is 22.6. The van der Waals surface area contributed by atoms with Gasteiger partial charge in [-0.1, -0.05) is 24.3 Å². The summed E-state index contributed by atoms with van der Waals surface area (Å²) in [6.45, 7) is 2.10. The molecule has 5 nitrogen and oxygen atoms in total. The second kappa shape index (κ2) is 9.92. The molecule has 1 aromatic heterocycles. The summed E-state index contributed by atoms with van der Waals surface area (Å²) in [5.41, 5.74) is 2.84. The first kappa shape index (κ1) is 22.6. The van der Waals surface area contributed by atoms with E-state index in [0.29, 0.717) is 11.8 Å². The van der Waals surface area contributed by atoms with Crippen LogP contribution in [0, 0.1) is 0 Å². The number of hydrogen-bond acceptors (Lipinski definition) is 4. The van der Waals surface area contributed by atoms with Gasteiger partial charge in [0.25, 0.3) is 0 Å². The van der Waals surface area contributed by atoms with Gasteiger partial charge >= 0.3 is 6.18 Å². The summed E-state index contributed by atoms with van der Waals surface area (Å²) in [4.78, 5) is 10.6. The zero-order valence-corrected chi connectivity index (χ0v) is 18.2. The molecule has 0 saturated carbocycles. The van der Waals surface area contributed by atoms with Crippen molar-refractivity contribution in [3.8, 4) is 5.75 Å². The van der Waals surface area contributed by atoms with E-state index in [1.165, 1.54) is 0 Å². The van der Waals surface area contributed by atoms with Crippen LogP contribution in [-0.4, -0.2) is 53.8 Å². The first-order chi connectivity index (χ1) is 15.4. The summed E-state index contributed by atoms with van der Waals surface area (Å²) < 4.78 is 42.8. The summed E-state index contributed by atoms with van der Waals surface area (Å²) in [6.07, 6.45) is -2.97. The Kier molecular flexibility index (Phi) is 7.01. The van der Waals surface area contributed by atoms with E-state index in [1.807, 2.05) is 42.5 Å². The third-order valence-corrected chi connectivity index (χ3v) is 5.87. The zero-order valence-electron chi connectivity index (χ0n) is 18.2. The lowest BCUT2D eigenvalue weighted by Crippen LogP contribution is -2.42. The van der Waals surface area contributed by atoms with Gasteiger partial charge in [0.05, 0.1) is 23.7 Å². The molecule has 1 saturated heterocycles. The third-order valence-electron chi connectivity index (χ3n) is 5.87. The Morgan fingerprint density at radius 3 is 2.69 bits per heavy atom. The van der Waals surface area contributed by atoms with Crippen LogP contribution < -0.4 is 10.1 Å². The molecule has 0 radical (unpaired) electrons. The van der Waals surface area contributed by atoms with Crippen LogP contribution in [-0.2, 0) is 0 Å². The van der Waals surface area contributed by atoms with Crippen LogP contribution in [0.4, 0.5) is 13.2 Å². The van der Waals surface area contributed by atoms with Crippen molar-refractivity contribution >= 4 is 11.0 Å². The third kappa shape index (κ3) is 6.01. The Morgan fingerprint density at radius 2 is 1.94 bits per heavy atom. The quantitative estimate of drug-likeness (QED) is 0.475. The fourth-order valence-corrected chi connectivity index (χ4v) is 4.10. The number of rotatable bonds is 8. The maximum Gasteiger partial charge on any atom is 0.389 e. The van der Waals surface area contributed by atoms with Crippen LogP contribution in [0.15, 0.2) is 48.5 Å². The molecule has 1 aliphatic heterocycles. The standard InChI is InChI=1S/C24H29F3N4O/c1-31-13-10-18(11-14-31)28-22(23-29-20-8-2-3-9-21(20)30-23)17-6-4-7-19(16-17)32-15-5-12-24(25,26)27/h2-4,6-9,16,18,22,28H,5,10-15H2,1H3,(H,29,30). The van der Waals surface area contributed by atoms with Crippen molar-refractivity contribution in [2.75, 3.05) is 26.7 Å². The summed E-state index contributed by atoms with van der Waals surface area (Å²) in [7, 11) is 2.13. The lowest BCUT2D eigenvalue weighted by Gasteiger charge is -2.32. The molecule has 1 aliphatic rings. The second-order valence-corrected chi connectivity index (χ2v) is 8.46. The number of nitrogens with zero attached hydrogens (tertiary/aromatic N) is 2. The number of aromatic nitrogens is 2. The largest absolute Gasteiger partial charge is 0.494 e. The van der Waals surface area contributed by atoms with E-state index in [0.717, 1.165) is 48.4 Å². The van der Waals surface area contributed by atoms with Crippen LogP contribution >= 0.6 is 0 Å². The van der Waals surface area contributed by atoms with E-state index >= 15 is 0 Å². The summed E-state index contributed by atoms with van der Waals surface area (Å²) in [6, 6.07) is 15.6. The number of piperidine rings is 1. The number of ether oxygens (including phenoxy) is 1. The number of nitrogens with one attached hydrogen (secondary N) is 2. The van der Waals surface area contributed by atoms with Crippen molar-refractivity contribution in [1.82, 2.24) is 20.2 Å². The SMILES string of the molecule is CN1CCC(NC(c2cccc(OCCCC(F)(F)F)c2)c2nc3ccccc3[nH]2)CC1. The molecule has 0 bridgehead atoms. The molecule has 4 rings (SSSR count). The summed E-state index contributed by atoms with van der Waals surface area (Å²) in [5.74, 6) is 1.38. The molecule has 0 aliphatic carbocycles. The molecule has 2 heterocycles. The van der Waals surface area contributed by atoms with Gasteiger partial charge in [0.15, 0.2) is 0 Å². The first-order valence-corrected chi connectivity index (χ1v) is 11.1. The van der Waals surface area contributed by atoms with Crippen LogP contribution in [0.1, 0.15) is 43.1 Å². The molecular weight excluding hydrogens is 417 g/mol. The highest BCUT2D eigenvalue weighted by Crippen LogP contribution is 2.28. The number of hydrogen-bond donors (Lipinski definition) is 2. The number of halogens is 3. The number of likely N-dealkylation sites (tertiary alicyclic amines) is 1. The van der Waals surface area contributed by atoms with Gasteiger partial charge in [0.2, 0.25) is 0 Å². The van der Waals surface area contributed by atoms with E-state index in [9.17, 15) is 13.2 Å². The Hall–Kier alpha value is -2.58. The molecule has 1 fully saturated rings. The number of alkyl halides is 3. The Labute approximate surface area is 186 Å². The number of aromatic amines is 1. The molecular formula is C24H29F3N4O. The van der Waals surface area contributed by atoms with Gasteiger partial charge in [0, 0.05) is 12.5 Å². The minimum Gasteiger partial charge on any atom is -0.494 e. The fraction of sp³-hybridized carbons (Fsp3) is 0.458. The molecule has 1 unspecified atom stereocenters. The van der Waals surface area contributed by atoms with Crippen molar-refractivity contribution < 1.29 is 17.9 Å². The second-order valence-electron chi connectivity index (χ2n) is 8.46. The van der Waals surface area contributed by atoms with E-state index in [4.69, 9.17) is 9.72 Å². The predicted octanol–water partition coefficient (Wildman–Crippen LogP) is 5.06. The van der Waals surface area contributed by atoms with E-state index in [1.54, 1.807) is 6.07 Å². The minimum atomic E-state index is -4.16. The average Bonchev–Trinajstić information content (AvgIpc) is 3.20. The molecule has 2 aromatic carbocycles. The van der Waals surface area contributed by atoms with Gasteiger partial charge in [-0.2, -0.15) is 13.2 Å². The smallest absolute Gasteiger partial charge is 0.389 e. The van der Waals surface area contributed by atoms with Gasteiger partial charge in [0.1, 0.15) is 11.6 Å². The van der Waals surface area contributed by atoms with Crippen molar-refractivity contribution in [2.24, 2.45) is 0 Å². The van der Waals surface area contributed by atoms with E-state index in [2.05, 4.69) is 22.2 Å². The fourth-order valence-electron chi connectivity index (χ4n) is 4.10. The molecule has 0 spiro atoms. The summed E-state index contributed by atoms with van der Waals surface area (Å²) in [5, 5.41) is 3.76. The van der Waals surface area contributed by atoms with Gasteiger partial charge in [-0.3, -0.25) is 0 Å². The van der Waals surface area contributed by atoms with Crippen molar-refractivity contribution in [3.63, 3.8) is 0 Å². The Balaban J connectivity index is 1.54. The summed E-state index contributed by atoms with van der Waals surface area (Å²) >= 11 is 0. The molecule has 3 aromatic rings. The first-order valence-electron chi connectivity index (χ1n) is 11.1. The number of benzene rings is 2. The van der Waals surface area contributed by atoms with Gasteiger partial charge < -0.3 is 19.9 Å². The van der Waals surface area contributed by atoms with Crippen LogP contribution in [0.2, 0.25) is 0 Å². The maximum atomic E-state index is 12.4. The highest BCUT2D eigenvalue weighted by Gasteiger charge is 2.27. The molecule has 0 amide bonds. The van der Waals surface area contributed by atoms with Crippen molar-refractivity contribution in [3.05, 3.63) is 59.9 Å². The maximum absolute atomic E-state index is 12.4. The van der Waals surface area contributed by atoms with E-state index < -0.39 is 12.6 Å². The topological polar surface area (TPSA) is 53.2 Å². The number of imidazole rings is 1. The van der Waals surface area contributed by atoms with Gasteiger partial charge in [-0.25, -0.2) is 4.98 Å². The van der Waals surface area contributed by atoms with Crippen molar-refractivity contribution in [1.29, 1.82) is 0 Å². The van der Waals surface area contributed by atoms with Gasteiger partial charge in [-0.05, 0) is 69.2 Å². The van der Waals surface area contributed by atoms with Gasteiger partial charge in [-0.15, -0.1) is 0 Å². The molecule has 172 valence electrons. The highest BCUT2D eigenvalue weighted by atomic mass is 19.4. The number of H-pyrrole nitrogens is 1. The molecule has 1 atom stereocenters. The predicted molar refractivity (Wildman–Crippen MR) is 119 cm³/mol. The van der Waals surface area contributed by atoms with Crippen molar-refractivity contribution in [2.45, 2.75) is 43.9 Å². The monoisotopic (exact) mass is 446 g/mol. The minimum absolute atomic E-state index is 0.0284. The van der Waals surface area contributed by atoms with Crippen LogP contribution in [0.3, 0.4) is 0 Å². The van der Waals surface area contributed by atoms with E-state index in [-0.39, 0.29) is 19.1 Å².